The van der Waals surface area contributed by atoms with Gasteiger partial charge in [-0.25, -0.2) is 0 Å². The highest BCUT2D eigenvalue weighted by Crippen LogP contribution is 2.24. The Balaban J connectivity index is 2.39. The van der Waals surface area contributed by atoms with Crippen LogP contribution in [0.3, 0.4) is 0 Å². The van der Waals surface area contributed by atoms with Gasteiger partial charge in [-0.05, 0) is 18.6 Å². The van der Waals surface area contributed by atoms with Crippen molar-refractivity contribution in [2.75, 3.05) is 18.1 Å². The molecule has 0 aliphatic carbocycles. The molecule has 1 atom stereocenters. The summed E-state index contributed by atoms with van der Waals surface area (Å²) in [5.41, 5.74) is 0. The van der Waals surface area contributed by atoms with E-state index in [1.807, 2.05) is 6.92 Å². The van der Waals surface area contributed by atoms with Gasteiger partial charge < -0.3 is 15.2 Å². The number of hydrogen-bond acceptors (Lipinski definition) is 4. The Hall–Kier alpha value is -1.40. The number of carboxylic acids is 1. The number of ether oxygens (including phenoxy) is 1. The van der Waals surface area contributed by atoms with Gasteiger partial charge in [0.15, 0.2) is 6.10 Å². The zero-order chi connectivity index (χ0) is 15.7. The highest BCUT2D eigenvalue weighted by atomic mass is 35.5. The summed E-state index contributed by atoms with van der Waals surface area (Å²) in [6.07, 6.45) is -0.103. The molecule has 0 bridgehead atoms. The van der Waals surface area contributed by atoms with Crippen molar-refractivity contribution < 1.29 is 19.4 Å². The van der Waals surface area contributed by atoms with E-state index in [4.69, 9.17) is 21.4 Å². The molecule has 1 amide bonds. The van der Waals surface area contributed by atoms with E-state index in [0.717, 1.165) is 0 Å². The van der Waals surface area contributed by atoms with Gasteiger partial charge in [0.1, 0.15) is 5.75 Å². The van der Waals surface area contributed by atoms with Gasteiger partial charge in [0.25, 0.3) is 5.91 Å². The first-order valence-corrected chi connectivity index (χ1v) is 8.06. The van der Waals surface area contributed by atoms with Gasteiger partial charge in [-0.2, -0.15) is 0 Å². The second-order valence-corrected chi connectivity index (χ2v) is 5.69. The Morgan fingerprint density at radius 2 is 2.14 bits per heavy atom. The van der Waals surface area contributed by atoms with E-state index >= 15 is 0 Å². The fourth-order valence-electron chi connectivity index (χ4n) is 1.54. The number of benzene rings is 1. The fraction of sp³-hybridized carbons (Fsp3) is 0.429. The number of carboxylic acid groups (broad SMARTS) is 1. The molecule has 0 heterocycles. The van der Waals surface area contributed by atoms with Crippen molar-refractivity contribution in [2.24, 2.45) is 0 Å². The van der Waals surface area contributed by atoms with Crippen molar-refractivity contribution in [2.45, 2.75) is 19.4 Å². The van der Waals surface area contributed by atoms with E-state index < -0.39 is 12.1 Å². The molecule has 116 valence electrons. The number of carbonyl (C=O) groups is 2. The molecule has 0 saturated carbocycles. The molecule has 1 unspecified atom stereocenters. The maximum atomic E-state index is 12.0. The van der Waals surface area contributed by atoms with Gasteiger partial charge in [0.2, 0.25) is 0 Å². The minimum absolute atomic E-state index is 0.0310. The van der Waals surface area contributed by atoms with Gasteiger partial charge in [-0.3, -0.25) is 9.59 Å². The quantitative estimate of drug-likeness (QED) is 0.680. The summed E-state index contributed by atoms with van der Waals surface area (Å²) in [5, 5.41) is 11.7. The number of halogens is 1. The molecule has 0 saturated heterocycles. The Morgan fingerprint density at radius 3 is 2.76 bits per heavy atom. The van der Waals surface area contributed by atoms with Crippen LogP contribution < -0.4 is 10.1 Å². The summed E-state index contributed by atoms with van der Waals surface area (Å²) in [6.45, 7) is 2.25. The number of amides is 1. The van der Waals surface area contributed by atoms with Crippen LogP contribution in [-0.2, 0) is 9.59 Å². The van der Waals surface area contributed by atoms with E-state index in [0.29, 0.717) is 29.5 Å². The van der Waals surface area contributed by atoms with Crippen LogP contribution in [0.1, 0.15) is 13.3 Å². The van der Waals surface area contributed by atoms with Gasteiger partial charge in [-0.15, -0.1) is 11.8 Å². The van der Waals surface area contributed by atoms with Crippen LogP contribution in [0.15, 0.2) is 24.3 Å². The molecule has 1 rings (SSSR count). The fourth-order valence-corrected chi connectivity index (χ4v) is 2.28. The lowest BCUT2D eigenvalue weighted by molar-refractivity contribution is -0.134. The molecule has 1 aromatic rings. The standard InChI is InChI=1S/C14H18ClNO4S/c1-2-11(20-12-6-4-3-5-10(12)15)14(19)16-7-8-21-9-13(17)18/h3-6,11H,2,7-9H2,1H3,(H,16,19)(H,17,18). The molecule has 0 radical (unpaired) electrons. The molecule has 0 aliphatic rings. The third-order valence-corrected chi connectivity index (χ3v) is 3.80. The second-order valence-electron chi connectivity index (χ2n) is 4.18. The predicted molar refractivity (Wildman–Crippen MR) is 84.1 cm³/mol. The molecule has 1 aromatic carbocycles. The Labute approximate surface area is 133 Å². The largest absolute Gasteiger partial charge is 0.481 e. The molecule has 0 aromatic heterocycles. The third-order valence-electron chi connectivity index (χ3n) is 2.54. The lowest BCUT2D eigenvalue weighted by atomic mass is 10.2. The molecule has 2 N–H and O–H groups in total. The summed E-state index contributed by atoms with van der Waals surface area (Å²) in [4.78, 5) is 22.3. The third kappa shape index (κ3) is 6.73. The summed E-state index contributed by atoms with van der Waals surface area (Å²) < 4.78 is 5.61. The number of nitrogens with one attached hydrogen (secondary N) is 1. The Bertz CT molecular complexity index is 484. The summed E-state index contributed by atoms with van der Waals surface area (Å²) in [6, 6.07) is 6.98. The van der Waals surface area contributed by atoms with Crippen molar-refractivity contribution in [1.82, 2.24) is 5.32 Å². The maximum Gasteiger partial charge on any atom is 0.313 e. The van der Waals surface area contributed by atoms with E-state index in [1.54, 1.807) is 24.3 Å². The van der Waals surface area contributed by atoms with Gasteiger partial charge in [0.05, 0.1) is 10.8 Å². The average Bonchev–Trinajstić information content (AvgIpc) is 2.45. The SMILES string of the molecule is CCC(Oc1ccccc1Cl)C(=O)NCCSCC(=O)O. The van der Waals surface area contributed by atoms with Crippen LogP contribution in [0.5, 0.6) is 5.75 Å². The monoisotopic (exact) mass is 331 g/mol. The molecule has 0 aliphatic heterocycles. The minimum Gasteiger partial charge on any atom is -0.481 e. The average molecular weight is 332 g/mol. The lowest BCUT2D eigenvalue weighted by Crippen LogP contribution is -2.39. The lowest BCUT2D eigenvalue weighted by Gasteiger charge is -2.17. The van der Waals surface area contributed by atoms with Crippen LogP contribution in [0.25, 0.3) is 0 Å². The number of para-hydroxylation sites is 1. The van der Waals surface area contributed by atoms with Crippen LogP contribution >= 0.6 is 23.4 Å². The molecule has 21 heavy (non-hydrogen) atoms. The van der Waals surface area contributed by atoms with Crippen molar-refractivity contribution in [3.05, 3.63) is 29.3 Å². The molecule has 0 spiro atoms. The number of hydrogen-bond donors (Lipinski definition) is 2. The summed E-state index contributed by atoms with van der Waals surface area (Å²) in [5.74, 6) is -0.0429. The van der Waals surface area contributed by atoms with Crippen LogP contribution in [-0.4, -0.2) is 41.1 Å². The van der Waals surface area contributed by atoms with Crippen LogP contribution in [0.2, 0.25) is 5.02 Å². The molecular formula is C14H18ClNO4S. The van der Waals surface area contributed by atoms with Gasteiger partial charge in [-0.1, -0.05) is 30.7 Å². The van der Waals surface area contributed by atoms with E-state index in [2.05, 4.69) is 5.32 Å². The molecular weight excluding hydrogens is 314 g/mol. The highest BCUT2D eigenvalue weighted by Gasteiger charge is 2.18. The first-order chi connectivity index (χ1) is 10.0. The molecule has 5 nitrogen and oxygen atoms in total. The predicted octanol–water partition coefficient (Wildman–Crippen LogP) is 2.43. The molecule has 7 heteroatoms. The Kier molecular flexibility index (Phi) is 8.00. The van der Waals surface area contributed by atoms with Crippen molar-refractivity contribution in [3.63, 3.8) is 0 Å². The summed E-state index contributed by atoms with van der Waals surface area (Å²) in [7, 11) is 0. The first-order valence-electron chi connectivity index (χ1n) is 6.53. The second kappa shape index (κ2) is 9.52. The highest BCUT2D eigenvalue weighted by molar-refractivity contribution is 7.99. The van der Waals surface area contributed by atoms with E-state index in [-0.39, 0.29) is 11.7 Å². The van der Waals surface area contributed by atoms with E-state index in [1.165, 1.54) is 11.8 Å². The zero-order valence-electron chi connectivity index (χ0n) is 11.7. The topological polar surface area (TPSA) is 75.6 Å². The number of carbonyl (C=O) groups excluding carboxylic acids is 1. The maximum absolute atomic E-state index is 12.0. The van der Waals surface area contributed by atoms with Crippen LogP contribution in [0, 0.1) is 0 Å². The number of rotatable bonds is 9. The van der Waals surface area contributed by atoms with Gasteiger partial charge >= 0.3 is 5.97 Å². The molecule has 0 fully saturated rings. The van der Waals surface area contributed by atoms with Crippen molar-refractivity contribution >= 4 is 35.2 Å². The van der Waals surface area contributed by atoms with Crippen LogP contribution in [0.4, 0.5) is 0 Å². The normalized spacial score (nSPS) is 11.7. The Morgan fingerprint density at radius 1 is 1.43 bits per heavy atom. The zero-order valence-corrected chi connectivity index (χ0v) is 13.2. The number of thioether (sulfide) groups is 1. The van der Waals surface area contributed by atoms with Crippen molar-refractivity contribution in [3.8, 4) is 5.75 Å². The summed E-state index contributed by atoms with van der Waals surface area (Å²) >= 11 is 7.24. The minimum atomic E-state index is -0.861. The number of aliphatic carboxylic acids is 1. The van der Waals surface area contributed by atoms with E-state index in [9.17, 15) is 9.59 Å². The smallest absolute Gasteiger partial charge is 0.313 e. The first kappa shape index (κ1) is 17.7. The van der Waals surface area contributed by atoms with Gasteiger partial charge in [0, 0.05) is 12.3 Å². The van der Waals surface area contributed by atoms with Crippen molar-refractivity contribution in [1.29, 1.82) is 0 Å².